The second-order valence-electron chi connectivity index (χ2n) is 5.96. The minimum atomic E-state index is -0.790. The van der Waals surface area contributed by atoms with Gasteiger partial charge in [-0.3, -0.25) is 25.7 Å². The van der Waals surface area contributed by atoms with Gasteiger partial charge in [-0.2, -0.15) is 10.2 Å². The Hall–Kier alpha value is -4.46. The Morgan fingerprint density at radius 1 is 1.26 bits per heavy atom. The number of rotatable bonds is 6. The molecule has 12 nitrogen and oxygen atoms in total. The molecule has 1 aromatic heterocycles. The van der Waals surface area contributed by atoms with Crippen LogP contribution >= 0.6 is 12.2 Å². The van der Waals surface area contributed by atoms with Gasteiger partial charge >= 0.3 is 5.69 Å². The summed E-state index contributed by atoms with van der Waals surface area (Å²) >= 11 is 4.65. The summed E-state index contributed by atoms with van der Waals surface area (Å²) in [5.74, 6) is -1.11. The maximum atomic E-state index is 13.4. The molecule has 4 N–H and O–H groups in total. The smallest absolute Gasteiger partial charge is 0.301 e. The van der Waals surface area contributed by atoms with Crippen molar-refractivity contribution < 1.29 is 19.3 Å². The quantitative estimate of drug-likeness (QED) is 0.223. The van der Waals surface area contributed by atoms with Crippen LogP contribution in [0.4, 0.5) is 15.8 Å². The summed E-state index contributed by atoms with van der Waals surface area (Å²) in [5, 5.41) is 40.5. The van der Waals surface area contributed by atoms with Crippen molar-refractivity contribution in [2.24, 2.45) is 10.8 Å². The zero-order chi connectivity index (χ0) is 22.7. The van der Waals surface area contributed by atoms with Crippen LogP contribution in [0.25, 0.3) is 16.9 Å². The molecule has 31 heavy (non-hydrogen) atoms. The number of phenols is 1. The zero-order valence-electron chi connectivity index (χ0n) is 15.3. The molecule has 0 aliphatic rings. The van der Waals surface area contributed by atoms with Crippen LogP contribution in [-0.2, 0) is 0 Å². The van der Waals surface area contributed by atoms with Crippen LogP contribution in [0.2, 0.25) is 0 Å². The molecule has 14 heteroatoms. The van der Waals surface area contributed by atoms with Crippen LogP contribution in [-0.4, -0.2) is 36.1 Å². The van der Waals surface area contributed by atoms with E-state index in [2.05, 4.69) is 27.8 Å². The van der Waals surface area contributed by atoms with E-state index in [1.807, 2.05) is 0 Å². The number of hydrazone groups is 1. The number of non-ortho nitro benzene ring substituents is 1. The molecule has 0 aliphatic carbocycles. The van der Waals surface area contributed by atoms with Crippen LogP contribution in [0.15, 0.2) is 47.7 Å². The molecular formula is C17H12FN7O5S. The van der Waals surface area contributed by atoms with E-state index in [0.717, 1.165) is 35.0 Å². The van der Waals surface area contributed by atoms with Gasteiger partial charge in [0.2, 0.25) is 0 Å². The number of aromatic nitrogens is 2. The van der Waals surface area contributed by atoms with Gasteiger partial charge in [-0.05, 0) is 30.4 Å². The molecule has 1 heterocycles. The van der Waals surface area contributed by atoms with Gasteiger partial charge in [0.05, 0.1) is 22.1 Å². The number of nitrogens with two attached hydrogens (primary N) is 1. The van der Waals surface area contributed by atoms with Crippen LogP contribution in [0, 0.1) is 26.0 Å². The number of nitro benzene ring substituents is 2. The number of nitro groups is 2. The summed E-state index contributed by atoms with van der Waals surface area (Å²) in [7, 11) is 0. The second kappa shape index (κ2) is 8.50. The first-order valence-corrected chi connectivity index (χ1v) is 8.68. The van der Waals surface area contributed by atoms with Crippen molar-refractivity contribution in [1.82, 2.24) is 15.2 Å². The van der Waals surface area contributed by atoms with Gasteiger partial charge in [0.1, 0.15) is 22.9 Å². The van der Waals surface area contributed by atoms with E-state index in [0.29, 0.717) is 0 Å². The summed E-state index contributed by atoms with van der Waals surface area (Å²) in [4.78, 5) is 20.9. The molecule has 0 saturated carbocycles. The monoisotopic (exact) mass is 445 g/mol. The molecule has 0 aliphatic heterocycles. The molecule has 3 rings (SSSR count). The Balaban J connectivity index is 2.20. The molecule has 0 saturated heterocycles. The number of thiocarbonyl (C=S) groups is 1. The average molecular weight is 445 g/mol. The molecule has 0 bridgehead atoms. The number of nitrogens with one attached hydrogen (secondary N) is 1. The molecule has 0 radical (unpaired) electrons. The van der Waals surface area contributed by atoms with Crippen LogP contribution in [0.1, 0.15) is 5.56 Å². The van der Waals surface area contributed by atoms with Crippen molar-refractivity contribution in [2.45, 2.75) is 0 Å². The topological polar surface area (TPSA) is 175 Å². The van der Waals surface area contributed by atoms with E-state index in [1.165, 1.54) is 18.5 Å². The highest BCUT2D eigenvalue weighted by molar-refractivity contribution is 7.80. The number of aromatic hydroxyl groups is 1. The van der Waals surface area contributed by atoms with Crippen molar-refractivity contribution in [2.75, 3.05) is 0 Å². The molecule has 0 atom stereocenters. The molecule has 0 amide bonds. The van der Waals surface area contributed by atoms with Crippen LogP contribution < -0.4 is 11.2 Å². The Morgan fingerprint density at radius 2 is 2.00 bits per heavy atom. The SMILES string of the molecule is NC(=S)NN=Cc1cn(-c2ccc([N+](=O)[O-])cc2[N+](=O)[O-])nc1-c1ccc(F)cc1O. The third-order valence-electron chi connectivity index (χ3n) is 3.95. The highest BCUT2D eigenvalue weighted by Crippen LogP contribution is 2.33. The Labute approximate surface area is 177 Å². The predicted molar refractivity (Wildman–Crippen MR) is 111 cm³/mol. The molecule has 158 valence electrons. The number of benzene rings is 2. The highest BCUT2D eigenvalue weighted by atomic mass is 32.1. The van der Waals surface area contributed by atoms with E-state index in [9.17, 15) is 29.7 Å². The maximum absolute atomic E-state index is 13.4. The minimum absolute atomic E-state index is 0.0830. The fourth-order valence-electron chi connectivity index (χ4n) is 2.65. The van der Waals surface area contributed by atoms with Gasteiger partial charge in [-0.15, -0.1) is 0 Å². The molecule has 0 spiro atoms. The summed E-state index contributed by atoms with van der Waals surface area (Å²) < 4.78 is 14.5. The summed E-state index contributed by atoms with van der Waals surface area (Å²) in [5.41, 5.74) is 6.97. The lowest BCUT2D eigenvalue weighted by Crippen LogP contribution is -2.24. The normalized spacial score (nSPS) is 10.9. The third kappa shape index (κ3) is 4.59. The fourth-order valence-corrected chi connectivity index (χ4v) is 2.70. The van der Waals surface area contributed by atoms with Crippen LogP contribution in [0.3, 0.4) is 0 Å². The first-order valence-electron chi connectivity index (χ1n) is 8.27. The number of hydrogen-bond acceptors (Lipinski definition) is 8. The molecule has 0 unspecified atom stereocenters. The van der Waals surface area contributed by atoms with Crippen molar-refractivity contribution in [1.29, 1.82) is 0 Å². The summed E-state index contributed by atoms with van der Waals surface area (Å²) in [6.07, 6.45) is 2.56. The molecule has 2 aromatic carbocycles. The Kier molecular flexibility index (Phi) is 5.83. The zero-order valence-corrected chi connectivity index (χ0v) is 16.1. The van der Waals surface area contributed by atoms with E-state index in [1.54, 1.807) is 0 Å². The van der Waals surface area contributed by atoms with E-state index in [4.69, 9.17) is 5.73 Å². The van der Waals surface area contributed by atoms with Gasteiger partial charge < -0.3 is 10.8 Å². The Bertz CT molecular complexity index is 1240. The molecule has 0 fully saturated rings. The van der Waals surface area contributed by atoms with Crippen molar-refractivity contribution >= 4 is 34.9 Å². The van der Waals surface area contributed by atoms with E-state index >= 15 is 0 Å². The average Bonchev–Trinajstić information content (AvgIpc) is 3.10. The molecule has 3 aromatic rings. The summed E-state index contributed by atoms with van der Waals surface area (Å²) in [6, 6.07) is 6.27. The van der Waals surface area contributed by atoms with Gasteiger partial charge in [0.25, 0.3) is 5.69 Å². The number of halogens is 1. The van der Waals surface area contributed by atoms with Gasteiger partial charge in [-0.25, -0.2) is 9.07 Å². The van der Waals surface area contributed by atoms with Crippen molar-refractivity contribution in [3.63, 3.8) is 0 Å². The largest absolute Gasteiger partial charge is 0.507 e. The van der Waals surface area contributed by atoms with Gasteiger partial charge in [-0.1, -0.05) is 0 Å². The lowest BCUT2D eigenvalue weighted by Gasteiger charge is -2.04. The number of phenolic OH excluding ortho intramolecular Hbond substituents is 1. The van der Waals surface area contributed by atoms with Crippen LogP contribution in [0.5, 0.6) is 5.75 Å². The lowest BCUT2D eigenvalue weighted by molar-refractivity contribution is -0.394. The number of hydrogen-bond donors (Lipinski definition) is 3. The second-order valence-corrected chi connectivity index (χ2v) is 6.40. The van der Waals surface area contributed by atoms with Crippen molar-refractivity contribution in [3.05, 3.63) is 74.2 Å². The van der Waals surface area contributed by atoms with Gasteiger partial charge in [0, 0.05) is 29.5 Å². The molecular weight excluding hydrogens is 433 g/mol. The highest BCUT2D eigenvalue weighted by Gasteiger charge is 2.23. The Morgan fingerprint density at radius 3 is 2.61 bits per heavy atom. The third-order valence-corrected chi connectivity index (χ3v) is 4.04. The standard InChI is InChI=1S/C17H12FN7O5S/c18-10-1-3-12(15(26)5-10)16-9(7-20-21-17(19)31)8-23(22-16)13-4-2-11(24(27)28)6-14(13)25(29)30/h1-8,26H,(H3,19,21,31). The first kappa shape index (κ1) is 21.3. The van der Waals surface area contributed by atoms with E-state index < -0.39 is 32.8 Å². The summed E-state index contributed by atoms with van der Waals surface area (Å²) in [6.45, 7) is 0. The van der Waals surface area contributed by atoms with E-state index in [-0.39, 0.29) is 27.6 Å². The maximum Gasteiger partial charge on any atom is 0.301 e. The predicted octanol–water partition coefficient (Wildman–Crippen LogP) is 2.37. The lowest BCUT2D eigenvalue weighted by atomic mass is 10.1. The first-order chi connectivity index (χ1) is 14.7. The number of nitrogens with zero attached hydrogens (tertiary/aromatic N) is 5. The van der Waals surface area contributed by atoms with Crippen molar-refractivity contribution in [3.8, 4) is 22.7 Å². The minimum Gasteiger partial charge on any atom is -0.507 e. The van der Waals surface area contributed by atoms with Gasteiger partial charge in [0.15, 0.2) is 5.11 Å². The fraction of sp³-hybridized carbons (Fsp3) is 0.